The number of hydrogen-bond donors (Lipinski definition) is 1. The Bertz CT molecular complexity index is 633. The maximum absolute atomic E-state index is 11.3. The zero-order valence-corrected chi connectivity index (χ0v) is 10.7. The van der Waals surface area contributed by atoms with Crippen molar-refractivity contribution in [3.8, 4) is 11.1 Å². The quantitative estimate of drug-likeness (QED) is 0.883. The summed E-state index contributed by atoms with van der Waals surface area (Å²) >= 11 is 0. The molecule has 1 aromatic carbocycles. The van der Waals surface area contributed by atoms with Crippen LogP contribution in [-0.2, 0) is 13.0 Å². The van der Waals surface area contributed by atoms with E-state index in [9.17, 15) is 4.79 Å². The van der Waals surface area contributed by atoms with Gasteiger partial charge in [-0.25, -0.2) is 0 Å². The third kappa shape index (κ3) is 2.13. The average Bonchev–Trinajstić information content (AvgIpc) is 2.87. The predicted octanol–water partition coefficient (Wildman–Crippen LogP) is 1.43. The van der Waals surface area contributed by atoms with Crippen molar-refractivity contribution < 1.29 is 9.32 Å². The lowest BCUT2D eigenvalue weighted by atomic mass is 9.95. The predicted molar refractivity (Wildman–Crippen MR) is 70.5 cm³/mol. The largest absolute Gasteiger partial charge is 0.364 e. The zero-order chi connectivity index (χ0) is 13.4. The van der Waals surface area contributed by atoms with Crippen molar-refractivity contribution in [2.75, 3.05) is 13.6 Å². The van der Waals surface area contributed by atoms with Gasteiger partial charge < -0.3 is 15.2 Å². The average molecular weight is 257 g/mol. The van der Waals surface area contributed by atoms with Crippen molar-refractivity contribution in [1.29, 1.82) is 0 Å². The summed E-state index contributed by atoms with van der Waals surface area (Å²) in [7, 11) is 2.11. The van der Waals surface area contributed by atoms with Gasteiger partial charge in [-0.2, -0.15) is 0 Å². The molecule has 5 nitrogen and oxygen atoms in total. The minimum Gasteiger partial charge on any atom is -0.364 e. The number of amides is 1. The standard InChI is InChI=1S/C14H15N3O2/c1-17-5-4-9-6-10(2-3-11(9)7-17)12-8-19-16-13(12)14(15)18/h2-3,6,8H,4-5,7H2,1H3,(H2,15,18). The van der Waals surface area contributed by atoms with Crippen molar-refractivity contribution in [2.24, 2.45) is 5.73 Å². The molecular formula is C14H15N3O2. The molecule has 1 aromatic heterocycles. The Morgan fingerprint density at radius 2 is 2.26 bits per heavy atom. The molecule has 0 fully saturated rings. The number of fused-ring (bicyclic) bond motifs is 1. The Morgan fingerprint density at radius 1 is 1.42 bits per heavy atom. The van der Waals surface area contributed by atoms with Gasteiger partial charge in [-0.15, -0.1) is 0 Å². The maximum atomic E-state index is 11.3. The molecule has 2 heterocycles. The summed E-state index contributed by atoms with van der Waals surface area (Å²) in [5, 5.41) is 3.66. The lowest BCUT2D eigenvalue weighted by Gasteiger charge is -2.25. The molecule has 1 aliphatic rings. The number of nitrogens with two attached hydrogens (primary N) is 1. The van der Waals surface area contributed by atoms with E-state index in [1.165, 1.54) is 17.4 Å². The Hall–Kier alpha value is -2.14. The molecule has 0 aliphatic carbocycles. The number of hydrogen-bond acceptors (Lipinski definition) is 4. The molecule has 0 saturated heterocycles. The van der Waals surface area contributed by atoms with Crippen molar-refractivity contribution >= 4 is 5.91 Å². The molecule has 2 N–H and O–H groups in total. The number of carbonyl (C=O) groups is 1. The fourth-order valence-corrected chi connectivity index (χ4v) is 2.48. The van der Waals surface area contributed by atoms with Crippen molar-refractivity contribution in [2.45, 2.75) is 13.0 Å². The molecular weight excluding hydrogens is 242 g/mol. The molecule has 0 saturated carbocycles. The first-order valence-corrected chi connectivity index (χ1v) is 6.20. The molecule has 1 aliphatic heterocycles. The number of benzene rings is 1. The Morgan fingerprint density at radius 3 is 3.05 bits per heavy atom. The van der Waals surface area contributed by atoms with Gasteiger partial charge in [0.25, 0.3) is 5.91 Å². The van der Waals surface area contributed by atoms with Gasteiger partial charge in [-0.1, -0.05) is 23.4 Å². The van der Waals surface area contributed by atoms with Gasteiger partial charge >= 0.3 is 0 Å². The third-order valence-corrected chi connectivity index (χ3v) is 3.52. The molecule has 3 rings (SSSR count). The van der Waals surface area contributed by atoms with E-state index in [0.717, 1.165) is 25.1 Å². The smallest absolute Gasteiger partial charge is 0.271 e. The Balaban J connectivity index is 2.03. The molecule has 0 radical (unpaired) electrons. The van der Waals surface area contributed by atoms with E-state index in [4.69, 9.17) is 10.3 Å². The normalized spacial score (nSPS) is 15.2. The van der Waals surface area contributed by atoms with Crippen molar-refractivity contribution in [3.63, 3.8) is 0 Å². The van der Waals surface area contributed by atoms with E-state index in [2.05, 4.69) is 29.2 Å². The highest BCUT2D eigenvalue weighted by molar-refractivity contribution is 5.97. The molecule has 98 valence electrons. The second-order valence-electron chi connectivity index (χ2n) is 4.91. The molecule has 19 heavy (non-hydrogen) atoms. The van der Waals surface area contributed by atoms with Crippen LogP contribution in [0.25, 0.3) is 11.1 Å². The number of nitrogens with zero attached hydrogens (tertiary/aromatic N) is 2. The van der Waals surface area contributed by atoms with Gasteiger partial charge in [0.15, 0.2) is 5.69 Å². The monoisotopic (exact) mass is 257 g/mol. The molecule has 5 heteroatoms. The third-order valence-electron chi connectivity index (χ3n) is 3.52. The van der Waals surface area contributed by atoms with Crippen LogP contribution in [0.4, 0.5) is 0 Å². The van der Waals surface area contributed by atoms with Gasteiger partial charge in [0.2, 0.25) is 0 Å². The van der Waals surface area contributed by atoms with Crippen LogP contribution in [0.1, 0.15) is 21.6 Å². The van der Waals surface area contributed by atoms with Gasteiger partial charge in [-0.3, -0.25) is 4.79 Å². The first kappa shape index (κ1) is 11.9. The fourth-order valence-electron chi connectivity index (χ4n) is 2.48. The van der Waals surface area contributed by atoms with Crippen LogP contribution in [0.2, 0.25) is 0 Å². The van der Waals surface area contributed by atoms with Crippen LogP contribution in [0.5, 0.6) is 0 Å². The maximum Gasteiger partial charge on any atom is 0.271 e. The number of aromatic nitrogens is 1. The summed E-state index contributed by atoms with van der Waals surface area (Å²) in [6.45, 7) is 2.00. The highest BCUT2D eigenvalue weighted by Gasteiger charge is 2.18. The van der Waals surface area contributed by atoms with Crippen molar-refractivity contribution in [3.05, 3.63) is 41.3 Å². The van der Waals surface area contributed by atoms with Gasteiger partial charge in [-0.05, 0) is 30.2 Å². The molecule has 0 unspecified atom stereocenters. The Labute approximate surface area is 111 Å². The molecule has 1 amide bonds. The van der Waals surface area contributed by atoms with Gasteiger partial charge in [0.1, 0.15) is 6.26 Å². The second kappa shape index (κ2) is 4.51. The molecule has 0 spiro atoms. The minimum atomic E-state index is -0.568. The van der Waals surface area contributed by atoms with Gasteiger partial charge in [0.05, 0.1) is 5.56 Å². The van der Waals surface area contributed by atoms with E-state index in [-0.39, 0.29) is 5.69 Å². The molecule has 0 bridgehead atoms. The van der Waals surface area contributed by atoms with Crippen molar-refractivity contribution in [1.82, 2.24) is 10.1 Å². The summed E-state index contributed by atoms with van der Waals surface area (Å²) in [6, 6.07) is 6.18. The number of rotatable bonds is 2. The Kier molecular flexibility index (Phi) is 2.83. The SMILES string of the molecule is CN1CCc2cc(-c3conc3C(N)=O)ccc2C1. The molecule has 2 aromatic rings. The summed E-state index contributed by atoms with van der Waals surface area (Å²) in [5.74, 6) is -0.568. The van der Waals surface area contributed by atoms with E-state index in [0.29, 0.717) is 5.56 Å². The minimum absolute atomic E-state index is 0.188. The number of carbonyl (C=O) groups excluding carboxylic acids is 1. The van der Waals surface area contributed by atoms with Crippen LogP contribution in [0.15, 0.2) is 29.0 Å². The number of likely N-dealkylation sites (N-methyl/N-ethyl adjacent to an activating group) is 1. The lowest BCUT2D eigenvalue weighted by molar-refractivity contribution is 0.0992. The lowest BCUT2D eigenvalue weighted by Crippen LogP contribution is -2.26. The molecule has 0 atom stereocenters. The highest BCUT2D eigenvalue weighted by atomic mass is 16.5. The second-order valence-corrected chi connectivity index (χ2v) is 4.91. The van der Waals surface area contributed by atoms with Crippen LogP contribution in [0, 0.1) is 0 Å². The number of primary amides is 1. The first-order chi connectivity index (χ1) is 9.15. The van der Waals surface area contributed by atoms with Crippen LogP contribution >= 0.6 is 0 Å². The van der Waals surface area contributed by atoms with Crippen LogP contribution in [0.3, 0.4) is 0 Å². The van der Waals surface area contributed by atoms with Crippen LogP contribution < -0.4 is 5.73 Å². The fraction of sp³-hybridized carbons (Fsp3) is 0.286. The van der Waals surface area contributed by atoms with E-state index < -0.39 is 5.91 Å². The summed E-state index contributed by atoms with van der Waals surface area (Å²) in [4.78, 5) is 13.6. The van der Waals surface area contributed by atoms with Gasteiger partial charge in [0, 0.05) is 13.1 Å². The van der Waals surface area contributed by atoms with E-state index >= 15 is 0 Å². The topological polar surface area (TPSA) is 72.4 Å². The highest BCUT2D eigenvalue weighted by Crippen LogP contribution is 2.27. The summed E-state index contributed by atoms with van der Waals surface area (Å²) in [6.07, 6.45) is 2.48. The summed E-state index contributed by atoms with van der Waals surface area (Å²) < 4.78 is 4.86. The van der Waals surface area contributed by atoms with Crippen LogP contribution in [-0.4, -0.2) is 29.6 Å². The first-order valence-electron chi connectivity index (χ1n) is 6.20. The van der Waals surface area contributed by atoms with E-state index in [1.807, 2.05) is 6.07 Å². The summed E-state index contributed by atoms with van der Waals surface area (Å²) in [5.41, 5.74) is 9.70. The zero-order valence-electron chi connectivity index (χ0n) is 10.7. The van der Waals surface area contributed by atoms with E-state index in [1.54, 1.807) is 0 Å².